The molecule has 0 radical (unpaired) electrons. The second kappa shape index (κ2) is 7.14. The minimum atomic E-state index is -0.410. The van der Waals surface area contributed by atoms with Crippen molar-refractivity contribution in [1.29, 1.82) is 0 Å². The van der Waals surface area contributed by atoms with Crippen LogP contribution in [0.1, 0.15) is 32.1 Å². The van der Waals surface area contributed by atoms with Crippen molar-refractivity contribution >= 4 is 23.6 Å². The monoisotopic (exact) mass is 285 g/mol. The summed E-state index contributed by atoms with van der Waals surface area (Å²) in [6.07, 6.45) is 5.06. The summed E-state index contributed by atoms with van der Waals surface area (Å²) in [5, 5.41) is 3.31. The molecule has 0 spiro atoms. The lowest BCUT2D eigenvalue weighted by Gasteiger charge is -2.36. The van der Waals surface area contributed by atoms with Gasteiger partial charge in [0.1, 0.15) is 0 Å². The smallest absolute Gasteiger partial charge is 0.237 e. The van der Waals surface area contributed by atoms with Crippen molar-refractivity contribution in [3.63, 3.8) is 0 Å². The first-order valence-electron chi connectivity index (χ1n) is 7.09. The average Bonchev–Trinajstić information content (AvgIpc) is 2.46. The molecule has 0 aromatic rings. The van der Waals surface area contributed by atoms with Gasteiger partial charge in [-0.3, -0.25) is 9.59 Å². The van der Waals surface area contributed by atoms with Gasteiger partial charge in [0.25, 0.3) is 0 Å². The van der Waals surface area contributed by atoms with Crippen molar-refractivity contribution in [3.8, 4) is 0 Å². The molecule has 5 nitrogen and oxygen atoms in total. The van der Waals surface area contributed by atoms with Crippen LogP contribution in [-0.4, -0.2) is 53.4 Å². The molecule has 0 aromatic carbocycles. The Morgan fingerprint density at radius 3 is 2.53 bits per heavy atom. The number of amides is 2. The van der Waals surface area contributed by atoms with Gasteiger partial charge in [-0.05, 0) is 44.5 Å². The number of piperidine rings is 1. The molecule has 1 unspecified atom stereocenters. The first-order chi connectivity index (χ1) is 9.18. The van der Waals surface area contributed by atoms with Crippen LogP contribution in [0.3, 0.4) is 0 Å². The molecule has 19 heavy (non-hydrogen) atoms. The van der Waals surface area contributed by atoms with Crippen molar-refractivity contribution < 1.29 is 9.59 Å². The maximum Gasteiger partial charge on any atom is 0.237 e. The summed E-state index contributed by atoms with van der Waals surface area (Å²) >= 11 is 1.73. The van der Waals surface area contributed by atoms with Gasteiger partial charge in [-0.2, -0.15) is 0 Å². The standard InChI is InChI=1S/C13H23N3O2S/c14-12(17)9-16(10-4-6-15-7-5-10)13(18)11-3-1-2-8-19-11/h10-11,15H,1-9H2,(H2,14,17). The number of carbonyl (C=O) groups excluding carboxylic acids is 2. The van der Waals surface area contributed by atoms with Crippen molar-refractivity contribution in [1.82, 2.24) is 10.2 Å². The van der Waals surface area contributed by atoms with E-state index in [9.17, 15) is 9.59 Å². The molecule has 108 valence electrons. The molecule has 2 saturated heterocycles. The third-order valence-corrected chi connectivity index (χ3v) is 5.18. The Hall–Kier alpha value is -0.750. The van der Waals surface area contributed by atoms with Crippen LogP contribution >= 0.6 is 11.8 Å². The van der Waals surface area contributed by atoms with E-state index in [1.807, 2.05) is 0 Å². The zero-order chi connectivity index (χ0) is 13.7. The molecular weight excluding hydrogens is 262 g/mol. The van der Waals surface area contributed by atoms with Crippen molar-refractivity contribution in [2.75, 3.05) is 25.4 Å². The van der Waals surface area contributed by atoms with Crippen LogP contribution in [0, 0.1) is 0 Å². The normalized spacial score (nSPS) is 24.9. The lowest BCUT2D eigenvalue weighted by Crippen LogP contribution is -2.52. The van der Waals surface area contributed by atoms with Gasteiger partial charge in [0, 0.05) is 6.04 Å². The van der Waals surface area contributed by atoms with E-state index in [4.69, 9.17) is 5.73 Å². The Bertz CT molecular complexity index is 326. The molecule has 3 N–H and O–H groups in total. The van der Waals surface area contributed by atoms with Gasteiger partial charge in [-0.15, -0.1) is 11.8 Å². The number of thioether (sulfide) groups is 1. The summed E-state index contributed by atoms with van der Waals surface area (Å²) in [4.78, 5) is 25.6. The van der Waals surface area contributed by atoms with Crippen LogP contribution in [0.25, 0.3) is 0 Å². The number of rotatable bonds is 4. The van der Waals surface area contributed by atoms with Gasteiger partial charge < -0.3 is 16.0 Å². The van der Waals surface area contributed by atoms with Crippen LogP contribution in [0.2, 0.25) is 0 Å². The van der Waals surface area contributed by atoms with Gasteiger partial charge in [0.05, 0.1) is 11.8 Å². The van der Waals surface area contributed by atoms with Gasteiger partial charge in [-0.1, -0.05) is 6.42 Å². The van der Waals surface area contributed by atoms with E-state index in [1.54, 1.807) is 16.7 Å². The predicted molar refractivity (Wildman–Crippen MR) is 76.9 cm³/mol. The molecule has 0 bridgehead atoms. The number of nitrogens with one attached hydrogen (secondary N) is 1. The fourth-order valence-corrected chi connectivity index (χ4v) is 4.06. The molecule has 0 aromatic heterocycles. The molecule has 2 rings (SSSR count). The summed E-state index contributed by atoms with van der Waals surface area (Å²) in [6.45, 7) is 1.89. The van der Waals surface area contributed by atoms with Crippen LogP contribution in [0.15, 0.2) is 0 Å². The molecule has 6 heteroatoms. The number of primary amides is 1. The summed E-state index contributed by atoms with van der Waals surface area (Å²) in [7, 11) is 0. The molecular formula is C13H23N3O2S. The Labute approximate surface area is 118 Å². The highest BCUT2D eigenvalue weighted by molar-refractivity contribution is 8.00. The Morgan fingerprint density at radius 1 is 1.21 bits per heavy atom. The SMILES string of the molecule is NC(=O)CN(C(=O)C1CCCCS1)C1CCNCC1. The zero-order valence-corrected chi connectivity index (χ0v) is 12.1. The first-order valence-corrected chi connectivity index (χ1v) is 8.14. The minimum absolute atomic E-state index is 0.0305. The van der Waals surface area contributed by atoms with Crippen LogP contribution < -0.4 is 11.1 Å². The second-order valence-corrected chi connectivity index (χ2v) is 6.58. The highest BCUT2D eigenvalue weighted by Gasteiger charge is 2.32. The first kappa shape index (κ1) is 14.7. The zero-order valence-electron chi connectivity index (χ0n) is 11.3. The molecule has 2 fully saturated rings. The summed E-state index contributed by atoms with van der Waals surface area (Å²) in [6, 6.07) is 0.170. The molecule has 0 saturated carbocycles. The van der Waals surface area contributed by atoms with Crippen molar-refractivity contribution in [2.24, 2.45) is 5.73 Å². The van der Waals surface area contributed by atoms with E-state index in [0.717, 1.165) is 44.5 Å². The van der Waals surface area contributed by atoms with Crippen molar-refractivity contribution in [3.05, 3.63) is 0 Å². The van der Waals surface area contributed by atoms with Gasteiger partial charge in [0.2, 0.25) is 11.8 Å². The minimum Gasteiger partial charge on any atom is -0.368 e. The lowest BCUT2D eigenvalue weighted by molar-refractivity contribution is -0.137. The van der Waals surface area contributed by atoms with Crippen LogP contribution in [0.4, 0.5) is 0 Å². The summed E-state index contributed by atoms with van der Waals surface area (Å²) < 4.78 is 0. The van der Waals surface area contributed by atoms with E-state index in [2.05, 4.69) is 5.32 Å². The average molecular weight is 285 g/mol. The molecule has 2 aliphatic heterocycles. The molecule has 2 heterocycles. The molecule has 2 amide bonds. The molecule has 1 atom stereocenters. The quantitative estimate of drug-likeness (QED) is 0.781. The number of nitrogens with two attached hydrogens (primary N) is 1. The highest BCUT2D eigenvalue weighted by Crippen LogP contribution is 2.28. The molecule has 0 aliphatic carbocycles. The van der Waals surface area contributed by atoms with Crippen molar-refractivity contribution in [2.45, 2.75) is 43.4 Å². The second-order valence-electron chi connectivity index (χ2n) is 5.27. The third-order valence-electron chi connectivity index (χ3n) is 3.81. The van der Waals surface area contributed by atoms with Crippen LogP contribution in [-0.2, 0) is 9.59 Å². The number of nitrogens with zero attached hydrogens (tertiary/aromatic N) is 1. The maximum absolute atomic E-state index is 12.6. The van der Waals surface area contributed by atoms with Gasteiger partial charge >= 0.3 is 0 Å². The molecule has 2 aliphatic rings. The van der Waals surface area contributed by atoms with Gasteiger partial charge in [0.15, 0.2) is 0 Å². The Morgan fingerprint density at radius 2 is 1.95 bits per heavy atom. The fraction of sp³-hybridized carbons (Fsp3) is 0.846. The topological polar surface area (TPSA) is 75.4 Å². The Kier molecular flexibility index (Phi) is 5.51. The van der Waals surface area contributed by atoms with E-state index in [-0.39, 0.29) is 23.7 Å². The fourth-order valence-electron chi connectivity index (χ4n) is 2.79. The number of carbonyl (C=O) groups is 2. The van der Waals surface area contributed by atoms with E-state index in [1.165, 1.54) is 6.42 Å². The van der Waals surface area contributed by atoms with E-state index < -0.39 is 5.91 Å². The van der Waals surface area contributed by atoms with Crippen LogP contribution in [0.5, 0.6) is 0 Å². The predicted octanol–water partition coefficient (Wildman–Crippen LogP) is 0.338. The highest BCUT2D eigenvalue weighted by atomic mass is 32.2. The van der Waals surface area contributed by atoms with E-state index in [0.29, 0.717) is 0 Å². The largest absolute Gasteiger partial charge is 0.368 e. The summed E-state index contributed by atoms with van der Waals surface area (Å²) in [5.41, 5.74) is 5.31. The number of hydrogen-bond donors (Lipinski definition) is 2. The summed E-state index contributed by atoms with van der Waals surface area (Å²) in [5.74, 6) is 0.760. The van der Waals surface area contributed by atoms with Gasteiger partial charge in [-0.25, -0.2) is 0 Å². The van der Waals surface area contributed by atoms with E-state index >= 15 is 0 Å². The maximum atomic E-state index is 12.6. The number of hydrogen-bond acceptors (Lipinski definition) is 4. The Balaban J connectivity index is 2.02. The third kappa shape index (κ3) is 4.11. The lowest BCUT2D eigenvalue weighted by atomic mass is 10.0.